The van der Waals surface area contributed by atoms with Crippen molar-refractivity contribution in [2.45, 2.75) is 38.3 Å². The van der Waals surface area contributed by atoms with Gasteiger partial charge >= 0.3 is 0 Å². The first-order valence-electron chi connectivity index (χ1n) is 4.54. The molecular weight excluding hydrogens is 200 g/mol. The SMILES string of the molecule is O=C=NC(CCCCCC(=O)[O-])N=C=O. The van der Waals surface area contributed by atoms with Crippen molar-refractivity contribution in [3.8, 4) is 0 Å². The number of hydrogen-bond acceptors (Lipinski definition) is 6. The Hall–Kier alpha value is -1.77. The Morgan fingerprint density at radius 2 is 1.73 bits per heavy atom. The topological polar surface area (TPSA) is 99.0 Å². The van der Waals surface area contributed by atoms with Crippen LogP contribution in [0.25, 0.3) is 0 Å². The van der Waals surface area contributed by atoms with E-state index < -0.39 is 12.1 Å². The van der Waals surface area contributed by atoms with Crippen LogP contribution in [0.1, 0.15) is 32.1 Å². The summed E-state index contributed by atoms with van der Waals surface area (Å²) in [6.45, 7) is 0. The molecule has 0 amide bonds. The minimum absolute atomic E-state index is 0.0125. The zero-order valence-corrected chi connectivity index (χ0v) is 8.14. The third-order valence-corrected chi connectivity index (χ3v) is 1.75. The third kappa shape index (κ3) is 8.56. The molecule has 0 N–H and O–H groups in total. The predicted molar refractivity (Wildman–Crippen MR) is 48.1 cm³/mol. The van der Waals surface area contributed by atoms with Gasteiger partial charge in [0, 0.05) is 5.97 Å². The van der Waals surface area contributed by atoms with E-state index in [-0.39, 0.29) is 6.42 Å². The Morgan fingerprint density at radius 3 is 2.20 bits per heavy atom. The summed E-state index contributed by atoms with van der Waals surface area (Å²) in [6, 6.07) is 0. The Labute approximate surface area is 86.7 Å². The maximum atomic E-state index is 10.1. The lowest BCUT2D eigenvalue weighted by atomic mass is 10.1. The van der Waals surface area contributed by atoms with Gasteiger partial charge in [0.25, 0.3) is 0 Å². The van der Waals surface area contributed by atoms with Crippen molar-refractivity contribution >= 4 is 18.1 Å². The van der Waals surface area contributed by atoms with Gasteiger partial charge in [-0.1, -0.05) is 6.42 Å². The van der Waals surface area contributed by atoms with Crippen LogP contribution in [0, 0.1) is 0 Å². The van der Waals surface area contributed by atoms with Crippen molar-refractivity contribution in [1.29, 1.82) is 0 Å². The van der Waals surface area contributed by atoms with Gasteiger partial charge in [0.2, 0.25) is 12.2 Å². The third-order valence-electron chi connectivity index (χ3n) is 1.75. The first-order chi connectivity index (χ1) is 7.20. The van der Waals surface area contributed by atoms with E-state index in [1.54, 1.807) is 0 Å². The van der Waals surface area contributed by atoms with Gasteiger partial charge in [-0.05, 0) is 25.7 Å². The van der Waals surface area contributed by atoms with Crippen LogP contribution < -0.4 is 5.11 Å². The number of isocyanates is 2. The van der Waals surface area contributed by atoms with Crippen molar-refractivity contribution in [3.63, 3.8) is 0 Å². The van der Waals surface area contributed by atoms with Crippen LogP contribution in [0.5, 0.6) is 0 Å². The highest BCUT2D eigenvalue weighted by Gasteiger charge is 2.03. The summed E-state index contributed by atoms with van der Waals surface area (Å²) in [5.41, 5.74) is 0. The molecule has 0 aliphatic carbocycles. The molecule has 0 bridgehead atoms. The lowest BCUT2D eigenvalue weighted by Gasteiger charge is -2.03. The highest BCUT2D eigenvalue weighted by Crippen LogP contribution is 2.08. The highest BCUT2D eigenvalue weighted by molar-refractivity contribution is 5.64. The fraction of sp³-hybridized carbons (Fsp3) is 0.667. The molecule has 0 aromatic rings. The number of unbranched alkanes of at least 4 members (excludes halogenated alkanes) is 2. The predicted octanol–water partition coefficient (Wildman–Crippen LogP) is -0.316. The van der Waals surface area contributed by atoms with Crippen LogP contribution in [0.2, 0.25) is 0 Å². The first kappa shape index (κ1) is 13.2. The first-order valence-corrected chi connectivity index (χ1v) is 4.54. The van der Waals surface area contributed by atoms with Gasteiger partial charge in [-0.15, -0.1) is 0 Å². The molecule has 0 fully saturated rings. The second kappa shape index (κ2) is 8.81. The zero-order chi connectivity index (χ0) is 11.5. The second-order valence-electron chi connectivity index (χ2n) is 2.89. The number of carbonyl (C=O) groups excluding carboxylic acids is 3. The lowest BCUT2D eigenvalue weighted by molar-refractivity contribution is -0.305. The van der Waals surface area contributed by atoms with Crippen molar-refractivity contribution in [2.24, 2.45) is 9.98 Å². The summed E-state index contributed by atoms with van der Waals surface area (Å²) >= 11 is 0. The van der Waals surface area contributed by atoms with Crippen LogP contribution in [-0.2, 0) is 14.4 Å². The highest BCUT2D eigenvalue weighted by atomic mass is 16.4. The average molecular weight is 211 g/mol. The summed E-state index contributed by atoms with van der Waals surface area (Å²) in [5.74, 6) is -1.08. The van der Waals surface area contributed by atoms with E-state index in [0.717, 1.165) is 0 Å². The molecule has 0 aliphatic heterocycles. The molecule has 0 aromatic heterocycles. The summed E-state index contributed by atoms with van der Waals surface area (Å²) in [5, 5.41) is 10.1. The summed E-state index contributed by atoms with van der Waals surface area (Å²) in [7, 11) is 0. The van der Waals surface area contributed by atoms with Gasteiger partial charge in [0.15, 0.2) is 6.17 Å². The van der Waals surface area contributed by atoms with E-state index in [2.05, 4.69) is 9.98 Å². The summed E-state index contributed by atoms with van der Waals surface area (Å²) < 4.78 is 0. The quantitative estimate of drug-likeness (QED) is 0.312. The Bertz CT molecular complexity index is 272. The molecule has 15 heavy (non-hydrogen) atoms. The summed E-state index contributed by atoms with van der Waals surface area (Å²) in [6.07, 6.45) is 4.11. The number of nitrogens with zero attached hydrogens (tertiary/aromatic N) is 2. The van der Waals surface area contributed by atoms with E-state index in [9.17, 15) is 19.5 Å². The number of hydrogen-bond donors (Lipinski definition) is 0. The second-order valence-corrected chi connectivity index (χ2v) is 2.89. The molecule has 6 heteroatoms. The van der Waals surface area contributed by atoms with E-state index in [4.69, 9.17) is 0 Å². The molecule has 0 heterocycles. The molecule has 0 radical (unpaired) electrons. The molecule has 0 aliphatic rings. The fourth-order valence-electron chi connectivity index (χ4n) is 1.05. The van der Waals surface area contributed by atoms with Crippen LogP contribution in [0.3, 0.4) is 0 Å². The Balaban J connectivity index is 3.67. The standard InChI is InChI=1S/C9H12N2O4/c12-6-10-8(11-7-13)4-2-1-3-5-9(14)15/h8H,1-5H2,(H,14,15)/p-1. The number of aliphatic imine (C=N–C) groups is 2. The van der Waals surface area contributed by atoms with Gasteiger partial charge in [0.05, 0.1) is 0 Å². The molecule has 0 saturated carbocycles. The number of aliphatic carboxylic acids is 1. The molecule has 0 saturated heterocycles. The van der Waals surface area contributed by atoms with E-state index in [0.29, 0.717) is 25.7 Å². The van der Waals surface area contributed by atoms with Crippen molar-refractivity contribution in [2.75, 3.05) is 0 Å². The Kier molecular flexibility index (Phi) is 7.77. The van der Waals surface area contributed by atoms with E-state index in [1.807, 2.05) is 0 Å². The molecule has 0 spiro atoms. The molecule has 0 aromatic carbocycles. The lowest BCUT2D eigenvalue weighted by Crippen LogP contribution is -2.21. The maximum absolute atomic E-state index is 10.1. The van der Waals surface area contributed by atoms with Crippen molar-refractivity contribution in [3.05, 3.63) is 0 Å². The largest absolute Gasteiger partial charge is 0.550 e. The smallest absolute Gasteiger partial charge is 0.237 e. The molecular formula is C9H11N2O4-. The van der Waals surface area contributed by atoms with Crippen LogP contribution in [-0.4, -0.2) is 24.3 Å². The van der Waals surface area contributed by atoms with Gasteiger partial charge < -0.3 is 9.90 Å². The molecule has 0 atom stereocenters. The van der Waals surface area contributed by atoms with Crippen LogP contribution in [0.4, 0.5) is 0 Å². The van der Waals surface area contributed by atoms with Crippen LogP contribution >= 0.6 is 0 Å². The number of rotatable bonds is 8. The van der Waals surface area contributed by atoms with E-state index >= 15 is 0 Å². The zero-order valence-electron chi connectivity index (χ0n) is 8.14. The minimum atomic E-state index is -1.08. The minimum Gasteiger partial charge on any atom is -0.550 e. The van der Waals surface area contributed by atoms with Gasteiger partial charge in [0.1, 0.15) is 0 Å². The maximum Gasteiger partial charge on any atom is 0.237 e. The van der Waals surface area contributed by atoms with Crippen molar-refractivity contribution < 1.29 is 19.5 Å². The van der Waals surface area contributed by atoms with E-state index in [1.165, 1.54) is 12.2 Å². The monoisotopic (exact) mass is 211 g/mol. The van der Waals surface area contributed by atoms with Gasteiger partial charge in [-0.2, -0.15) is 9.98 Å². The number of carboxylic acids is 1. The van der Waals surface area contributed by atoms with Crippen molar-refractivity contribution in [1.82, 2.24) is 0 Å². The molecule has 82 valence electrons. The number of carboxylic acid groups (broad SMARTS) is 1. The molecule has 0 rings (SSSR count). The average Bonchev–Trinajstić information content (AvgIpc) is 2.17. The van der Waals surface area contributed by atoms with Gasteiger partial charge in [-0.3, -0.25) is 0 Å². The normalized spacial score (nSPS) is 10.9. The van der Waals surface area contributed by atoms with Crippen LogP contribution in [0.15, 0.2) is 9.98 Å². The summed E-state index contributed by atoms with van der Waals surface area (Å²) in [4.78, 5) is 36.4. The number of carbonyl (C=O) groups is 1. The Morgan fingerprint density at radius 1 is 1.13 bits per heavy atom. The molecule has 6 nitrogen and oxygen atoms in total. The molecule has 0 unspecified atom stereocenters. The fourth-order valence-corrected chi connectivity index (χ4v) is 1.05. The van der Waals surface area contributed by atoms with Gasteiger partial charge in [-0.25, -0.2) is 9.59 Å².